The number of amides is 1. The van der Waals surface area contributed by atoms with Crippen LogP contribution < -0.4 is 11.1 Å². The zero-order valence-corrected chi connectivity index (χ0v) is 11.7. The Labute approximate surface area is 119 Å². The summed E-state index contributed by atoms with van der Waals surface area (Å²) in [6.07, 6.45) is 2.46. The number of para-hydroxylation sites is 2. The van der Waals surface area contributed by atoms with Gasteiger partial charge >= 0.3 is 0 Å². The van der Waals surface area contributed by atoms with Crippen LogP contribution in [0.2, 0.25) is 0 Å². The van der Waals surface area contributed by atoms with Crippen molar-refractivity contribution < 1.29 is 9.90 Å². The minimum Gasteiger partial charge on any atom is -0.397 e. The van der Waals surface area contributed by atoms with Crippen molar-refractivity contribution in [2.24, 2.45) is 5.92 Å². The molecule has 1 fully saturated rings. The fourth-order valence-corrected chi connectivity index (χ4v) is 2.62. The van der Waals surface area contributed by atoms with Crippen LogP contribution in [0, 0.1) is 5.92 Å². The van der Waals surface area contributed by atoms with Crippen LogP contribution in [0.5, 0.6) is 0 Å². The minimum atomic E-state index is -0.00601. The molecule has 1 heterocycles. The van der Waals surface area contributed by atoms with E-state index in [1.807, 2.05) is 12.1 Å². The van der Waals surface area contributed by atoms with Gasteiger partial charge in [0.1, 0.15) is 0 Å². The van der Waals surface area contributed by atoms with Gasteiger partial charge in [-0.3, -0.25) is 4.79 Å². The molecule has 0 radical (unpaired) electrons. The molecule has 1 aromatic carbocycles. The summed E-state index contributed by atoms with van der Waals surface area (Å²) in [5, 5.41) is 11.8. The van der Waals surface area contributed by atoms with Gasteiger partial charge in [-0.25, -0.2) is 0 Å². The van der Waals surface area contributed by atoms with Crippen molar-refractivity contribution >= 4 is 17.3 Å². The van der Waals surface area contributed by atoms with E-state index in [2.05, 4.69) is 10.2 Å². The lowest BCUT2D eigenvalue weighted by molar-refractivity contribution is -0.116. The van der Waals surface area contributed by atoms with E-state index in [9.17, 15) is 4.79 Å². The van der Waals surface area contributed by atoms with Crippen molar-refractivity contribution in [3.8, 4) is 0 Å². The zero-order valence-electron chi connectivity index (χ0n) is 11.7. The molecular weight excluding hydrogens is 254 g/mol. The fourth-order valence-electron chi connectivity index (χ4n) is 2.62. The largest absolute Gasteiger partial charge is 0.397 e. The average Bonchev–Trinajstić information content (AvgIpc) is 2.87. The lowest BCUT2D eigenvalue weighted by Crippen LogP contribution is -2.26. The highest BCUT2D eigenvalue weighted by Gasteiger charge is 2.22. The number of hydrogen-bond acceptors (Lipinski definition) is 4. The number of nitrogens with two attached hydrogens (primary N) is 1. The standard InChI is InChI=1S/C15H23N3O2/c16-13-3-1-2-4-14(13)17-15(20)6-9-18-8-5-12(11-18)7-10-19/h1-4,12,19H,5-11,16H2,(H,17,20). The van der Waals surface area contributed by atoms with Crippen molar-refractivity contribution in [3.05, 3.63) is 24.3 Å². The molecule has 1 amide bonds. The van der Waals surface area contributed by atoms with Crippen LogP contribution >= 0.6 is 0 Å². The van der Waals surface area contributed by atoms with E-state index in [4.69, 9.17) is 10.8 Å². The molecule has 1 aliphatic heterocycles. The van der Waals surface area contributed by atoms with Gasteiger partial charge in [0.05, 0.1) is 11.4 Å². The second kappa shape index (κ2) is 7.26. The van der Waals surface area contributed by atoms with E-state index in [0.717, 1.165) is 32.5 Å². The van der Waals surface area contributed by atoms with Crippen LogP contribution in [0.4, 0.5) is 11.4 Å². The van der Waals surface area contributed by atoms with Crippen LogP contribution in [0.1, 0.15) is 19.3 Å². The number of carbonyl (C=O) groups excluding carboxylic acids is 1. The van der Waals surface area contributed by atoms with E-state index >= 15 is 0 Å². The number of anilines is 2. The van der Waals surface area contributed by atoms with Crippen LogP contribution in [-0.4, -0.2) is 42.2 Å². The van der Waals surface area contributed by atoms with Crippen molar-refractivity contribution in [2.45, 2.75) is 19.3 Å². The maximum Gasteiger partial charge on any atom is 0.225 e. The molecule has 0 aliphatic carbocycles. The molecule has 5 heteroatoms. The number of aliphatic hydroxyl groups excluding tert-OH is 1. The van der Waals surface area contributed by atoms with Crippen molar-refractivity contribution in [2.75, 3.05) is 37.3 Å². The first-order valence-corrected chi connectivity index (χ1v) is 7.16. The fraction of sp³-hybridized carbons (Fsp3) is 0.533. The van der Waals surface area contributed by atoms with Gasteiger partial charge in [0.15, 0.2) is 0 Å². The average molecular weight is 277 g/mol. The van der Waals surface area contributed by atoms with Gasteiger partial charge in [-0.05, 0) is 37.4 Å². The SMILES string of the molecule is Nc1ccccc1NC(=O)CCN1CCC(CCO)C1. The molecule has 1 atom stereocenters. The first kappa shape index (κ1) is 14.8. The summed E-state index contributed by atoms with van der Waals surface area (Å²) in [6, 6.07) is 7.28. The summed E-state index contributed by atoms with van der Waals surface area (Å²) in [5.41, 5.74) is 7.06. The Morgan fingerprint density at radius 2 is 2.25 bits per heavy atom. The molecule has 110 valence electrons. The van der Waals surface area contributed by atoms with Crippen molar-refractivity contribution in [1.82, 2.24) is 4.90 Å². The summed E-state index contributed by atoms with van der Waals surface area (Å²) in [6.45, 7) is 3.03. The lowest BCUT2D eigenvalue weighted by atomic mass is 10.1. The smallest absolute Gasteiger partial charge is 0.225 e. The molecular formula is C15H23N3O2. The molecule has 0 bridgehead atoms. The van der Waals surface area contributed by atoms with E-state index in [1.54, 1.807) is 12.1 Å². The summed E-state index contributed by atoms with van der Waals surface area (Å²) < 4.78 is 0. The third-order valence-electron chi connectivity index (χ3n) is 3.80. The quantitative estimate of drug-likeness (QED) is 0.685. The number of aliphatic hydroxyl groups is 1. The van der Waals surface area contributed by atoms with E-state index < -0.39 is 0 Å². The topological polar surface area (TPSA) is 78.6 Å². The van der Waals surface area contributed by atoms with Crippen LogP contribution in [0.3, 0.4) is 0 Å². The Kier molecular flexibility index (Phi) is 5.38. The van der Waals surface area contributed by atoms with Gasteiger partial charge in [-0.2, -0.15) is 0 Å². The Hall–Kier alpha value is -1.59. The third kappa shape index (κ3) is 4.21. The molecule has 0 saturated carbocycles. The predicted octanol–water partition coefficient (Wildman–Crippen LogP) is 1.30. The molecule has 1 aliphatic rings. The highest BCUT2D eigenvalue weighted by molar-refractivity contribution is 5.93. The van der Waals surface area contributed by atoms with Gasteiger partial charge in [-0.15, -0.1) is 0 Å². The number of nitrogen functional groups attached to an aromatic ring is 1. The second-order valence-electron chi connectivity index (χ2n) is 5.35. The van der Waals surface area contributed by atoms with E-state index in [-0.39, 0.29) is 12.5 Å². The van der Waals surface area contributed by atoms with Gasteiger partial charge in [0.2, 0.25) is 5.91 Å². The second-order valence-corrected chi connectivity index (χ2v) is 5.35. The van der Waals surface area contributed by atoms with Crippen molar-refractivity contribution in [1.29, 1.82) is 0 Å². The van der Waals surface area contributed by atoms with Gasteiger partial charge in [-0.1, -0.05) is 12.1 Å². The predicted molar refractivity (Wildman–Crippen MR) is 80.4 cm³/mol. The Morgan fingerprint density at radius 3 is 3.00 bits per heavy atom. The number of nitrogens with zero attached hydrogens (tertiary/aromatic N) is 1. The van der Waals surface area contributed by atoms with Crippen molar-refractivity contribution in [3.63, 3.8) is 0 Å². The molecule has 0 aromatic heterocycles. The van der Waals surface area contributed by atoms with E-state index in [1.165, 1.54) is 0 Å². The Balaban J connectivity index is 1.72. The number of carbonyl (C=O) groups is 1. The normalized spacial score (nSPS) is 19.1. The molecule has 4 N–H and O–H groups in total. The summed E-state index contributed by atoms with van der Waals surface area (Å²) in [7, 11) is 0. The number of benzene rings is 1. The molecule has 1 unspecified atom stereocenters. The highest BCUT2D eigenvalue weighted by Crippen LogP contribution is 2.20. The van der Waals surface area contributed by atoms with Crippen LogP contribution in [-0.2, 0) is 4.79 Å². The maximum atomic E-state index is 11.9. The van der Waals surface area contributed by atoms with Gasteiger partial charge < -0.3 is 21.1 Å². The molecule has 0 spiro atoms. The molecule has 20 heavy (non-hydrogen) atoms. The monoisotopic (exact) mass is 277 g/mol. The first-order valence-electron chi connectivity index (χ1n) is 7.16. The van der Waals surface area contributed by atoms with Gasteiger partial charge in [0.25, 0.3) is 0 Å². The Morgan fingerprint density at radius 1 is 1.45 bits per heavy atom. The Bertz CT molecular complexity index is 450. The minimum absolute atomic E-state index is 0.00601. The number of rotatable bonds is 6. The molecule has 1 aromatic rings. The number of hydrogen-bond donors (Lipinski definition) is 3. The molecule has 5 nitrogen and oxygen atoms in total. The summed E-state index contributed by atoms with van der Waals surface area (Å²) in [4.78, 5) is 14.2. The third-order valence-corrected chi connectivity index (χ3v) is 3.80. The highest BCUT2D eigenvalue weighted by atomic mass is 16.3. The maximum absolute atomic E-state index is 11.9. The molecule has 1 saturated heterocycles. The van der Waals surface area contributed by atoms with E-state index in [0.29, 0.717) is 23.7 Å². The molecule has 2 rings (SSSR count). The summed E-state index contributed by atoms with van der Waals surface area (Å²) >= 11 is 0. The van der Waals surface area contributed by atoms with Crippen LogP contribution in [0.25, 0.3) is 0 Å². The number of likely N-dealkylation sites (tertiary alicyclic amines) is 1. The summed E-state index contributed by atoms with van der Waals surface area (Å²) in [5.74, 6) is 0.571. The van der Waals surface area contributed by atoms with Crippen LogP contribution in [0.15, 0.2) is 24.3 Å². The first-order chi connectivity index (χ1) is 9.69. The lowest BCUT2D eigenvalue weighted by Gasteiger charge is -2.15. The number of nitrogens with one attached hydrogen (secondary N) is 1. The van der Waals surface area contributed by atoms with Gasteiger partial charge in [0, 0.05) is 26.1 Å². The zero-order chi connectivity index (χ0) is 14.4.